The summed E-state index contributed by atoms with van der Waals surface area (Å²) in [4.78, 5) is 11.3. The van der Waals surface area contributed by atoms with Crippen LogP contribution >= 0.6 is 0 Å². The number of hydrogen-bond acceptors (Lipinski definition) is 4. The third-order valence-corrected chi connectivity index (χ3v) is 3.76. The second-order valence-electron chi connectivity index (χ2n) is 5.14. The first-order chi connectivity index (χ1) is 9.24. The zero-order valence-electron chi connectivity index (χ0n) is 10.7. The van der Waals surface area contributed by atoms with E-state index in [-0.39, 0.29) is 18.4 Å². The molecule has 2 atom stereocenters. The molecule has 0 bridgehead atoms. The van der Waals surface area contributed by atoms with Crippen molar-refractivity contribution in [2.75, 3.05) is 25.0 Å². The molecule has 2 aliphatic heterocycles. The van der Waals surface area contributed by atoms with Gasteiger partial charge < -0.3 is 20.5 Å². The lowest BCUT2D eigenvalue weighted by Crippen LogP contribution is -2.33. The van der Waals surface area contributed by atoms with E-state index in [4.69, 9.17) is 4.74 Å². The number of aliphatic hydroxyl groups is 1. The highest BCUT2D eigenvalue weighted by atomic mass is 16.5. The summed E-state index contributed by atoms with van der Waals surface area (Å²) in [7, 11) is 0. The van der Waals surface area contributed by atoms with E-state index in [1.54, 1.807) is 0 Å². The maximum Gasteiger partial charge on any atom is 0.262 e. The van der Waals surface area contributed by atoms with Gasteiger partial charge in [-0.15, -0.1) is 0 Å². The van der Waals surface area contributed by atoms with E-state index >= 15 is 0 Å². The molecule has 102 valence electrons. The van der Waals surface area contributed by atoms with Gasteiger partial charge in [0.05, 0.1) is 11.8 Å². The summed E-state index contributed by atoms with van der Waals surface area (Å²) in [5.74, 6) is 0.739. The Kier molecular flexibility index (Phi) is 3.40. The maximum absolute atomic E-state index is 11.3. The number of hydrogen-bond donors (Lipinski definition) is 3. The third-order valence-electron chi connectivity index (χ3n) is 3.76. The van der Waals surface area contributed by atoms with Crippen molar-refractivity contribution < 1.29 is 14.6 Å². The third kappa shape index (κ3) is 2.57. The van der Waals surface area contributed by atoms with E-state index in [1.165, 1.54) is 0 Å². The molecular formula is C14H18N2O3. The highest BCUT2D eigenvalue weighted by Gasteiger charge is 2.24. The van der Waals surface area contributed by atoms with Crippen molar-refractivity contribution in [1.82, 2.24) is 5.32 Å². The van der Waals surface area contributed by atoms with Crippen molar-refractivity contribution in [3.8, 4) is 5.75 Å². The number of piperidine rings is 1. The molecule has 0 spiro atoms. The van der Waals surface area contributed by atoms with Gasteiger partial charge >= 0.3 is 0 Å². The lowest BCUT2D eigenvalue weighted by molar-refractivity contribution is -0.118. The van der Waals surface area contributed by atoms with Crippen LogP contribution in [0.25, 0.3) is 0 Å². The summed E-state index contributed by atoms with van der Waals surface area (Å²) in [6.45, 7) is 1.92. The number of anilines is 1. The Hall–Kier alpha value is -1.59. The van der Waals surface area contributed by atoms with Crippen molar-refractivity contribution in [2.24, 2.45) is 5.92 Å². The number of carbonyl (C=O) groups excluding carboxylic acids is 1. The first-order valence-electron chi connectivity index (χ1n) is 6.69. The first kappa shape index (κ1) is 12.4. The fourth-order valence-corrected chi connectivity index (χ4v) is 2.71. The van der Waals surface area contributed by atoms with Gasteiger partial charge in [-0.05, 0) is 37.1 Å². The van der Waals surface area contributed by atoms with Crippen LogP contribution in [-0.4, -0.2) is 30.7 Å². The summed E-state index contributed by atoms with van der Waals surface area (Å²) in [6, 6.07) is 5.49. The molecule has 3 rings (SSSR count). The van der Waals surface area contributed by atoms with Crippen LogP contribution < -0.4 is 15.4 Å². The fourth-order valence-electron chi connectivity index (χ4n) is 2.71. The molecule has 0 radical (unpaired) electrons. The monoisotopic (exact) mass is 262 g/mol. The molecule has 0 saturated carbocycles. The van der Waals surface area contributed by atoms with E-state index in [0.717, 1.165) is 31.5 Å². The Morgan fingerprint density at radius 3 is 3.11 bits per heavy atom. The second-order valence-corrected chi connectivity index (χ2v) is 5.14. The average molecular weight is 262 g/mol. The Balaban J connectivity index is 1.80. The van der Waals surface area contributed by atoms with E-state index in [1.807, 2.05) is 18.2 Å². The molecule has 5 heteroatoms. The lowest BCUT2D eigenvalue weighted by Gasteiger charge is -2.28. The van der Waals surface area contributed by atoms with Crippen LogP contribution in [0.1, 0.15) is 24.5 Å². The molecule has 2 unspecified atom stereocenters. The summed E-state index contributed by atoms with van der Waals surface area (Å²) in [5.41, 5.74) is 1.48. The maximum atomic E-state index is 11.3. The van der Waals surface area contributed by atoms with Gasteiger partial charge in [0.1, 0.15) is 5.75 Å². The topological polar surface area (TPSA) is 70.6 Å². The quantitative estimate of drug-likeness (QED) is 0.745. The van der Waals surface area contributed by atoms with Crippen molar-refractivity contribution in [3.05, 3.63) is 23.8 Å². The Bertz CT molecular complexity index is 484. The minimum absolute atomic E-state index is 0.0570. The molecule has 0 aliphatic carbocycles. The number of carbonyl (C=O) groups is 1. The molecule has 1 fully saturated rings. The minimum Gasteiger partial charge on any atom is -0.482 e. The number of benzene rings is 1. The van der Waals surface area contributed by atoms with Gasteiger partial charge in [-0.2, -0.15) is 0 Å². The molecule has 1 aromatic rings. The molecule has 2 heterocycles. The molecule has 3 N–H and O–H groups in total. The molecule has 1 aromatic carbocycles. The Morgan fingerprint density at radius 1 is 1.42 bits per heavy atom. The van der Waals surface area contributed by atoms with Gasteiger partial charge in [0.15, 0.2) is 6.61 Å². The SMILES string of the molecule is O=C1COc2ccc(C(O)C3CCCNC3)cc2N1. The van der Waals surface area contributed by atoms with Gasteiger partial charge in [0.2, 0.25) is 0 Å². The second kappa shape index (κ2) is 5.19. The van der Waals surface area contributed by atoms with Crippen LogP contribution in [0.4, 0.5) is 5.69 Å². The van der Waals surface area contributed by atoms with E-state index < -0.39 is 6.10 Å². The number of rotatable bonds is 2. The Morgan fingerprint density at radius 2 is 2.32 bits per heavy atom. The summed E-state index contributed by atoms with van der Waals surface area (Å²) in [5, 5.41) is 16.5. The number of fused-ring (bicyclic) bond motifs is 1. The van der Waals surface area contributed by atoms with E-state index in [9.17, 15) is 9.90 Å². The Labute approximate surface area is 112 Å². The highest BCUT2D eigenvalue weighted by molar-refractivity contribution is 5.95. The van der Waals surface area contributed by atoms with Crippen molar-refractivity contribution in [3.63, 3.8) is 0 Å². The summed E-state index contributed by atoms with van der Waals surface area (Å²) >= 11 is 0. The fraction of sp³-hybridized carbons (Fsp3) is 0.500. The molecule has 1 saturated heterocycles. The van der Waals surface area contributed by atoms with Gasteiger partial charge in [-0.3, -0.25) is 4.79 Å². The minimum atomic E-state index is -0.503. The molecule has 0 aromatic heterocycles. The van der Waals surface area contributed by atoms with Crippen LogP contribution in [0.5, 0.6) is 5.75 Å². The zero-order chi connectivity index (χ0) is 13.2. The van der Waals surface area contributed by atoms with Crippen LogP contribution in [0.3, 0.4) is 0 Å². The van der Waals surface area contributed by atoms with Crippen LogP contribution in [0, 0.1) is 5.92 Å². The molecule has 2 aliphatic rings. The normalized spacial score (nSPS) is 24.1. The van der Waals surface area contributed by atoms with Crippen molar-refractivity contribution >= 4 is 11.6 Å². The van der Waals surface area contributed by atoms with Gasteiger partial charge in [-0.25, -0.2) is 0 Å². The lowest BCUT2D eigenvalue weighted by atomic mass is 9.89. The van der Waals surface area contributed by atoms with Crippen LogP contribution in [0.2, 0.25) is 0 Å². The highest BCUT2D eigenvalue weighted by Crippen LogP contribution is 2.34. The van der Waals surface area contributed by atoms with Gasteiger partial charge in [0, 0.05) is 12.5 Å². The predicted molar refractivity (Wildman–Crippen MR) is 71.1 cm³/mol. The average Bonchev–Trinajstić information content (AvgIpc) is 2.46. The first-order valence-corrected chi connectivity index (χ1v) is 6.69. The number of amides is 1. The number of ether oxygens (including phenoxy) is 1. The van der Waals surface area contributed by atoms with Crippen LogP contribution in [0.15, 0.2) is 18.2 Å². The summed E-state index contributed by atoms with van der Waals surface area (Å²) < 4.78 is 5.31. The van der Waals surface area contributed by atoms with E-state index in [2.05, 4.69) is 10.6 Å². The summed E-state index contributed by atoms with van der Waals surface area (Å²) in [6.07, 6.45) is 1.61. The number of nitrogens with one attached hydrogen (secondary N) is 2. The van der Waals surface area contributed by atoms with Gasteiger partial charge in [0.25, 0.3) is 5.91 Å². The molecule has 19 heavy (non-hydrogen) atoms. The zero-order valence-corrected chi connectivity index (χ0v) is 10.7. The molecule has 5 nitrogen and oxygen atoms in total. The van der Waals surface area contributed by atoms with E-state index in [0.29, 0.717) is 11.4 Å². The molecule has 1 amide bonds. The number of aliphatic hydroxyl groups excluding tert-OH is 1. The van der Waals surface area contributed by atoms with Crippen molar-refractivity contribution in [2.45, 2.75) is 18.9 Å². The predicted octanol–water partition coefficient (Wildman–Crippen LogP) is 1.05. The van der Waals surface area contributed by atoms with Gasteiger partial charge in [-0.1, -0.05) is 6.07 Å². The standard InChI is InChI=1S/C14H18N2O3/c17-13-8-19-12-4-3-9(6-11(12)16-13)14(18)10-2-1-5-15-7-10/h3-4,6,10,14-15,18H,1-2,5,7-8H2,(H,16,17). The largest absolute Gasteiger partial charge is 0.482 e. The van der Waals surface area contributed by atoms with Crippen LogP contribution in [-0.2, 0) is 4.79 Å². The van der Waals surface area contributed by atoms with Crippen molar-refractivity contribution in [1.29, 1.82) is 0 Å². The molecular weight excluding hydrogens is 244 g/mol. The smallest absolute Gasteiger partial charge is 0.262 e.